The average Bonchev–Trinajstić information content (AvgIpc) is 2.72. The number of hydrogen-bond donors (Lipinski definition) is 0. The maximum absolute atomic E-state index is 12.9. The Hall–Kier alpha value is -0.580. The molecule has 1 heterocycles. The average molecular weight is 294 g/mol. The van der Waals surface area contributed by atoms with Crippen molar-refractivity contribution >= 4 is 39.9 Å². The van der Waals surface area contributed by atoms with Crippen LogP contribution in [0.4, 0.5) is 4.39 Å². The predicted octanol–water partition coefficient (Wildman–Crippen LogP) is 3.46. The molecule has 1 saturated heterocycles. The van der Waals surface area contributed by atoms with E-state index >= 15 is 0 Å². The van der Waals surface area contributed by atoms with Crippen molar-refractivity contribution in [2.24, 2.45) is 0 Å². The fourth-order valence-electron chi connectivity index (χ4n) is 1.73. The summed E-state index contributed by atoms with van der Waals surface area (Å²) in [5.41, 5.74) is 0. The lowest BCUT2D eigenvalue weighted by Crippen LogP contribution is -2.26. The first-order valence-electron chi connectivity index (χ1n) is 5.12. The molecule has 1 atom stereocenters. The minimum atomic E-state index is -0.450. The van der Waals surface area contributed by atoms with Crippen LogP contribution in [0.25, 0.3) is 0 Å². The lowest BCUT2D eigenvalue weighted by atomic mass is 10.3. The molecule has 1 aliphatic rings. The molecule has 0 amide bonds. The quantitative estimate of drug-likeness (QED) is 0.471. The van der Waals surface area contributed by atoms with E-state index in [1.54, 1.807) is 6.07 Å². The van der Waals surface area contributed by atoms with Gasteiger partial charge in [-0.15, -0.1) is 0 Å². The Morgan fingerprint density at radius 3 is 2.88 bits per heavy atom. The molecule has 0 bridgehead atoms. The first kappa shape index (κ1) is 12.9. The second-order valence-corrected chi connectivity index (χ2v) is 5.18. The second-order valence-electron chi connectivity index (χ2n) is 3.80. The van der Waals surface area contributed by atoms with Crippen LogP contribution in [0.3, 0.4) is 0 Å². The molecule has 0 aliphatic carbocycles. The van der Waals surface area contributed by atoms with Crippen LogP contribution in [0.1, 0.15) is 6.42 Å². The zero-order valence-electron chi connectivity index (χ0n) is 8.83. The van der Waals surface area contributed by atoms with Gasteiger partial charge in [-0.3, -0.25) is 0 Å². The first-order valence-corrected chi connectivity index (χ1v) is 6.29. The molecule has 1 aromatic rings. The monoisotopic (exact) mass is 293 g/mol. The van der Waals surface area contributed by atoms with Gasteiger partial charge in [0.25, 0.3) is 0 Å². The molecule has 1 aromatic carbocycles. The van der Waals surface area contributed by atoms with Gasteiger partial charge in [0, 0.05) is 19.0 Å². The van der Waals surface area contributed by atoms with Crippen LogP contribution >= 0.6 is 35.4 Å². The van der Waals surface area contributed by atoms with Gasteiger partial charge in [0.2, 0.25) is 0 Å². The minimum Gasteiger partial charge on any atom is -0.488 e. The number of benzene rings is 1. The number of halogens is 3. The molecule has 0 saturated carbocycles. The van der Waals surface area contributed by atoms with E-state index in [4.69, 9.17) is 40.2 Å². The number of hydrogen-bond acceptors (Lipinski definition) is 2. The van der Waals surface area contributed by atoms with Crippen molar-refractivity contribution < 1.29 is 9.13 Å². The Kier molecular flexibility index (Phi) is 4.07. The number of ether oxygens (including phenoxy) is 1. The van der Waals surface area contributed by atoms with Gasteiger partial charge in [-0.05, 0) is 24.4 Å². The van der Waals surface area contributed by atoms with Crippen LogP contribution in [0.5, 0.6) is 5.75 Å². The van der Waals surface area contributed by atoms with E-state index in [0.717, 1.165) is 13.0 Å². The van der Waals surface area contributed by atoms with Gasteiger partial charge in [-0.1, -0.05) is 23.2 Å². The highest BCUT2D eigenvalue weighted by molar-refractivity contribution is 7.83. The Bertz CT molecular complexity index is 443. The van der Waals surface area contributed by atoms with Crippen LogP contribution in [0.15, 0.2) is 18.2 Å². The van der Waals surface area contributed by atoms with Crippen molar-refractivity contribution in [2.75, 3.05) is 13.1 Å². The molecule has 2 nitrogen and oxygen atoms in total. The standard InChI is InChI=1S/C11H10Cl2FNOS/c12-9-5-7(1-2-10(9)14)16-8-3-4-15(6-8)11(13)17/h1-2,5,8H,3-4,6H2. The minimum absolute atomic E-state index is 0.00762. The third-order valence-electron chi connectivity index (χ3n) is 2.59. The van der Waals surface area contributed by atoms with E-state index in [-0.39, 0.29) is 11.1 Å². The van der Waals surface area contributed by atoms with Crippen molar-refractivity contribution in [3.63, 3.8) is 0 Å². The van der Waals surface area contributed by atoms with E-state index in [0.29, 0.717) is 16.7 Å². The predicted molar refractivity (Wildman–Crippen MR) is 70.5 cm³/mol. The normalized spacial score (nSPS) is 19.5. The number of nitrogens with zero attached hydrogens (tertiary/aromatic N) is 1. The van der Waals surface area contributed by atoms with Crippen LogP contribution in [0, 0.1) is 5.82 Å². The topological polar surface area (TPSA) is 12.5 Å². The second kappa shape index (κ2) is 5.38. The fraction of sp³-hybridized carbons (Fsp3) is 0.364. The fourth-order valence-corrected chi connectivity index (χ4v) is 2.22. The molecular formula is C11H10Cl2FNOS. The van der Waals surface area contributed by atoms with Crippen molar-refractivity contribution in [3.8, 4) is 5.75 Å². The summed E-state index contributed by atoms with van der Waals surface area (Å²) >= 11 is 16.3. The third-order valence-corrected chi connectivity index (χ3v) is 3.37. The maximum Gasteiger partial charge on any atom is 0.170 e. The molecule has 1 unspecified atom stereocenters. The number of thiocarbonyl (C=S) groups is 1. The van der Waals surface area contributed by atoms with Crippen molar-refractivity contribution in [3.05, 3.63) is 29.0 Å². The summed E-state index contributed by atoms with van der Waals surface area (Å²) in [6.07, 6.45) is 0.843. The molecule has 0 aromatic heterocycles. The van der Waals surface area contributed by atoms with Crippen LogP contribution < -0.4 is 4.74 Å². The van der Waals surface area contributed by atoms with Crippen molar-refractivity contribution in [1.82, 2.24) is 4.90 Å². The summed E-state index contributed by atoms with van der Waals surface area (Å²) in [7, 11) is 0. The Balaban J connectivity index is 1.98. The maximum atomic E-state index is 12.9. The SMILES string of the molecule is Fc1ccc(OC2CCN(C(=S)Cl)C2)cc1Cl. The Labute approximate surface area is 114 Å². The number of rotatable bonds is 2. The van der Waals surface area contributed by atoms with E-state index in [2.05, 4.69) is 0 Å². The lowest BCUT2D eigenvalue weighted by molar-refractivity contribution is 0.215. The van der Waals surface area contributed by atoms with Crippen LogP contribution in [-0.2, 0) is 0 Å². The Morgan fingerprint density at radius 2 is 2.29 bits per heavy atom. The summed E-state index contributed by atoms with van der Waals surface area (Å²) in [5, 5.41) is 0.0604. The molecule has 6 heteroatoms. The van der Waals surface area contributed by atoms with Crippen molar-refractivity contribution in [1.29, 1.82) is 0 Å². The smallest absolute Gasteiger partial charge is 0.170 e. The summed E-state index contributed by atoms with van der Waals surface area (Å²) in [6, 6.07) is 4.32. The van der Waals surface area contributed by atoms with E-state index < -0.39 is 5.82 Å². The number of likely N-dealkylation sites (tertiary alicyclic amines) is 1. The van der Waals surface area contributed by atoms with Gasteiger partial charge in [0.15, 0.2) is 4.45 Å². The van der Waals surface area contributed by atoms with Gasteiger partial charge in [0.05, 0.1) is 11.6 Å². The zero-order valence-corrected chi connectivity index (χ0v) is 11.2. The zero-order chi connectivity index (χ0) is 12.4. The molecule has 17 heavy (non-hydrogen) atoms. The van der Waals surface area contributed by atoms with Gasteiger partial charge in [-0.25, -0.2) is 4.39 Å². The molecule has 1 aliphatic heterocycles. The molecule has 1 fully saturated rings. The van der Waals surface area contributed by atoms with Crippen LogP contribution in [-0.4, -0.2) is 28.5 Å². The molecular weight excluding hydrogens is 284 g/mol. The van der Waals surface area contributed by atoms with Gasteiger partial charge in [-0.2, -0.15) is 0 Å². The lowest BCUT2D eigenvalue weighted by Gasteiger charge is -2.16. The largest absolute Gasteiger partial charge is 0.488 e. The summed E-state index contributed by atoms with van der Waals surface area (Å²) in [6.45, 7) is 1.43. The highest BCUT2D eigenvalue weighted by atomic mass is 35.5. The van der Waals surface area contributed by atoms with E-state index in [9.17, 15) is 4.39 Å². The molecule has 0 radical (unpaired) electrons. The molecule has 0 spiro atoms. The summed E-state index contributed by atoms with van der Waals surface area (Å²) < 4.78 is 19.0. The van der Waals surface area contributed by atoms with E-state index in [1.165, 1.54) is 12.1 Å². The summed E-state index contributed by atoms with van der Waals surface area (Å²) in [5.74, 6) is 0.109. The van der Waals surface area contributed by atoms with Crippen molar-refractivity contribution in [2.45, 2.75) is 12.5 Å². The highest BCUT2D eigenvalue weighted by Gasteiger charge is 2.25. The first-order chi connectivity index (χ1) is 8.06. The van der Waals surface area contributed by atoms with E-state index in [1.807, 2.05) is 4.90 Å². The van der Waals surface area contributed by atoms with Gasteiger partial charge in [0.1, 0.15) is 17.7 Å². The van der Waals surface area contributed by atoms with Gasteiger partial charge >= 0.3 is 0 Å². The highest BCUT2D eigenvalue weighted by Crippen LogP contribution is 2.24. The molecule has 2 rings (SSSR count). The van der Waals surface area contributed by atoms with Crippen LogP contribution in [0.2, 0.25) is 5.02 Å². The molecule has 0 N–H and O–H groups in total. The third kappa shape index (κ3) is 3.21. The summed E-state index contributed by atoms with van der Waals surface area (Å²) in [4.78, 5) is 1.87. The Morgan fingerprint density at radius 1 is 1.53 bits per heavy atom. The molecule has 92 valence electrons. The van der Waals surface area contributed by atoms with Gasteiger partial charge < -0.3 is 9.64 Å².